The van der Waals surface area contributed by atoms with Crippen LogP contribution in [0.15, 0.2) is 42.6 Å². The normalized spacial score (nSPS) is 15.4. The minimum absolute atomic E-state index is 0.215. The molecule has 0 atom stereocenters. The number of hydrogen-bond acceptors (Lipinski definition) is 4. The molecule has 1 fully saturated rings. The van der Waals surface area contributed by atoms with E-state index in [-0.39, 0.29) is 11.7 Å². The fourth-order valence-corrected chi connectivity index (χ4v) is 2.95. The maximum Gasteiger partial charge on any atom is 0.240 e. The van der Waals surface area contributed by atoms with E-state index in [4.69, 9.17) is 4.74 Å². The highest BCUT2D eigenvalue weighted by Crippen LogP contribution is 2.37. The predicted molar refractivity (Wildman–Crippen MR) is 89.1 cm³/mol. The van der Waals surface area contributed by atoms with E-state index in [9.17, 15) is 14.4 Å². The number of halogens is 1. The van der Waals surface area contributed by atoms with Crippen LogP contribution >= 0.6 is 0 Å². The number of amides is 1. The van der Waals surface area contributed by atoms with Crippen LogP contribution < -0.4 is 10.1 Å². The quantitative estimate of drug-likeness (QED) is 0.901. The highest BCUT2D eigenvalue weighted by molar-refractivity contribution is 5.85. The van der Waals surface area contributed by atoms with Gasteiger partial charge in [-0.25, -0.2) is 9.37 Å². The van der Waals surface area contributed by atoms with Crippen molar-refractivity contribution in [2.75, 3.05) is 0 Å². The van der Waals surface area contributed by atoms with Crippen LogP contribution in [0.25, 0.3) is 0 Å². The maximum atomic E-state index is 13.1. The molecule has 128 valence electrons. The van der Waals surface area contributed by atoms with Crippen molar-refractivity contribution in [3.63, 3.8) is 0 Å². The molecule has 0 bridgehead atoms. The van der Waals surface area contributed by atoms with Gasteiger partial charge in [0.25, 0.3) is 0 Å². The lowest BCUT2D eigenvalue weighted by molar-refractivity contribution is -0.128. The van der Waals surface area contributed by atoms with Gasteiger partial charge >= 0.3 is 0 Å². The highest BCUT2D eigenvalue weighted by atomic mass is 19.1. The molecule has 2 aromatic rings. The second-order valence-corrected chi connectivity index (χ2v) is 6.15. The zero-order valence-corrected chi connectivity index (χ0v) is 13.7. The summed E-state index contributed by atoms with van der Waals surface area (Å²) in [4.78, 5) is 16.5. The minimum atomic E-state index is -0.881. The van der Waals surface area contributed by atoms with Crippen LogP contribution in [-0.4, -0.2) is 10.9 Å². The molecule has 1 aromatic carbocycles. The molecule has 3 rings (SSSR count). The first-order valence-electron chi connectivity index (χ1n) is 8.19. The lowest BCUT2D eigenvalue weighted by Crippen LogP contribution is -2.37. The first-order chi connectivity index (χ1) is 12.1. The van der Waals surface area contributed by atoms with Gasteiger partial charge in [-0.1, -0.05) is 25.0 Å². The zero-order valence-electron chi connectivity index (χ0n) is 13.7. The van der Waals surface area contributed by atoms with Gasteiger partial charge < -0.3 is 10.1 Å². The molecule has 0 radical (unpaired) electrons. The number of hydrogen-bond donors (Lipinski definition) is 1. The molecule has 1 aliphatic carbocycles. The summed E-state index contributed by atoms with van der Waals surface area (Å²) in [7, 11) is 0. The van der Waals surface area contributed by atoms with Crippen molar-refractivity contribution in [2.45, 2.75) is 32.2 Å². The smallest absolute Gasteiger partial charge is 0.240 e. The Hall–Kier alpha value is -2.94. The number of aromatic nitrogens is 1. The number of carbonyl (C=O) groups excluding carboxylic acids is 1. The van der Waals surface area contributed by atoms with Gasteiger partial charge in [-0.2, -0.15) is 5.26 Å². The van der Waals surface area contributed by atoms with Crippen LogP contribution in [0.3, 0.4) is 0 Å². The number of pyridine rings is 1. The molecule has 0 spiro atoms. The van der Waals surface area contributed by atoms with Crippen LogP contribution in [0, 0.1) is 22.6 Å². The van der Waals surface area contributed by atoms with Crippen LogP contribution in [0.5, 0.6) is 11.6 Å². The summed E-state index contributed by atoms with van der Waals surface area (Å²) in [6.45, 7) is 0.301. The Morgan fingerprint density at radius 1 is 1.32 bits per heavy atom. The van der Waals surface area contributed by atoms with E-state index in [1.165, 1.54) is 12.1 Å². The molecule has 1 saturated carbocycles. The molecule has 1 aromatic heterocycles. The number of carbonyl (C=O) groups is 1. The van der Waals surface area contributed by atoms with E-state index in [1.807, 2.05) is 0 Å². The van der Waals surface area contributed by atoms with Gasteiger partial charge in [0.2, 0.25) is 11.8 Å². The van der Waals surface area contributed by atoms with E-state index in [2.05, 4.69) is 16.4 Å². The van der Waals surface area contributed by atoms with Gasteiger partial charge in [0.1, 0.15) is 17.0 Å². The molecule has 1 amide bonds. The van der Waals surface area contributed by atoms with Gasteiger partial charge in [0.15, 0.2) is 0 Å². The molecule has 5 nitrogen and oxygen atoms in total. The Bertz CT molecular complexity index is 793. The largest absolute Gasteiger partial charge is 0.439 e. The molecule has 0 saturated heterocycles. The first kappa shape index (κ1) is 16.9. The molecule has 1 N–H and O–H groups in total. The van der Waals surface area contributed by atoms with Crippen molar-refractivity contribution < 1.29 is 13.9 Å². The van der Waals surface area contributed by atoms with Crippen LogP contribution in [0.2, 0.25) is 0 Å². The first-order valence-corrected chi connectivity index (χ1v) is 8.19. The summed E-state index contributed by atoms with van der Waals surface area (Å²) >= 11 is 0. The maximum absolute atomic E-state index is 13.1. The number of nitrogens with one attached hydrogen (secondary N) is 1. The highest BCUT2D eigenvalue weighted by Gasteiger charge is 2.41. The van der Waals surface area contributed by atoms with E-state index < -0.39 is 5.41 Å². The van der Waals surface area contributed by atoms with Crippen molar-refractivity contribution >= 4 is 5.91 Å². The summed E-state index contributed by atoms with van der Waals surface area (Å²) in [6, 6.07) is 11.4. The Labute approximate surface area is 145 Å². The minimum Gasteiger partial charge on any atom is -0.439 e. The van der Waals surface area contributed by atoms with Crippen molar-refractivity contribution in [2.24, 2.45) is 5.41 Å². The lowest BCUT2D eigenvalue weighted by Gasteiger charge is -2.19. The van der Waals surface area contributed by atoms with Gasteiger partial charge in [0, 0.05) is 24.9 Å². The summed E-state index contributed by atoms with van der Waals surface area (Å²) in [5.41, 5.74) is -0.0838. The van der Waals surface area contributed by atoms with E-state index in [1.54, 1.807) is 30.5 Å². The Morgan fingerprint density at radius 2 is 2.12 bits per heavy atom. The van der Waals surface area contributed by atoms with Crippen LogP contribution in [-0.2, 0) is 11.3 Å². The number of benzene rings is 1. The molecular formula is C19H18FN3O2. The van der Waals surface area contributed by atoms with Gasteiger partial charge in [-0.3, -0.25) is 4.79 Å². The third kappa shape index (κ3) is 3.94. The molecule has 6 heteroatoms. The van der Waals surface area contributed by atoms with E-state index in [0.717, 1.165) is 18.4 Å². The average Bonchev–Trinajstić information content (AvgIpc) is 3.11. The molecule has 0 unspecified atom stereocenters. The summed E-state index contributed by atoms with van der Waals surface area (Å²) < 4.78 is 18.6. The van der Waals surface area contributed by atoms with E-state index >= 15 is 0 Å². The second-order valence-electron chi connectivity index (χ2n) is 6.15. The van der Waals surface area contributed by atoms with Crippen molar-refractivity contribution in [3.05, 3.63) is 54.0 Å². The Balaban J connectivity index is 1.58. The third-order valence-corrected chi connectivity index (χ3v) is 4.37. The van der Waals surface area contributed by atoms with Crippen LogP contribution in [0.4, 0.5) is 4.39 Å². The van der Waals surface area contributed by atoms with Crippen molar-refractivity contribution in [3.8, 4) is 17.7 Å². The monoisotopic (exact) mass is 339 g/mol. The number of nitrogens with zero attached hydrogens (tertiary/aromatic N) is 2. The molecule has 1 aliphatic rings. The van der Waals surface area contributed by atoms with E-state index in [0.29, 0.717) is 31.0 Å². The third-order valence-electron chi connectivity index (χ3n) is 4.37. The number of nitriles is 1. The number of ether oxygens (including phenoxy) is 1. The van der Waals surface area contributed by atoms with Gasteiger partial charge in [-0.05, 0) is 30.5 Å². The molecule has 25 heavy (non-hydrogen) atoms. The lowest BCUT2D eigenvalue weighted by atomic mass is 9.87. The molecule has 0 aliphatic heterocycles. The Morgan fingerprint density at radius 3 is 2.76 bits per heavy atom. The molecular weight excluding hydrogens is 321 g/mol. The zero-order chi connectivity index (χ0) is 17.7. The predicted octanol–water partition coefficient (Wildman–Crippen LogP) is 3.71. The standard InChI is InChI=1S/C19H18FN3O2/c20-15-4-3-5-16(10-15)25-17-7-6-14(11-22-17)12-23-18(24)19(13-21)8-1-2-9-19/h3-7,10-11H,1-2,8-9,12H2,(H,23,24). The SMILES string of the molecule is N#CC1(C(=O)NCc2ccc(Oc3cccc(F)c3)nc2)CCCC1. The topological polar surface area (TPSA) is 75.0 Å². The van der Waals surface area contributed by atoms with Crippen molar-refractivity contribution in [1.29, 1.82) is 5.26 Å². The van der Waals surface area contributed by atoms with Gasteiger partial charge in [0.05, 0.1) is 6.07 Å². The fraction of sp³-hybridized carbons (Fsp3) is 0.316. The van der Waals surface area contributed by atoms with Crippen molar-refractivity contribution in [1.82, 2.24) is 10.3 Å². The Kier molecular flexibility index (Phi) is 4.94. The summed E-state index contributed by atoms with van der Waals surface area (Å²) in [5, 5.41) is 12.1. The van der Waals surface area contributed by atoms with Crippen LogP contribution in [0.1, 0.15) is 31.2 Å². The number of rotatable bonds is 5. The average molecular weight is 339 g/mol. The summed E-state index contributed by atoms with van der Waals surface area (Å²) in [5.74, 6) is 0.110. The molecule has 1 heterocycles. The summed E-state index contributed by atoms with van der Waals surface area (Å²) in [6.07, 6.45) is 4.65. The van der Waals surface area contributed by atoms with Gasteiger partial charge in [-0.15, -0.1) is 0 Å². The second kappa shape index (κ2) is 7.31. The fourth-order valence-electron chi connectivity index (χ4n) is 2.95.